The Morgan fingerprint density at radius 2 is 1.88 bits per heavy atom. The third-order valence-electron chi connectivity index (χ3n) is 2.20. The normalized spacial score (nSPS) is 10.5. The second kappa shape index (κ2) is 5.65. The van der Waals surface area contributed by atoms with E-state index in [0.29, 0.717) is 6.54 Å². The first-order chi connectivity index (χ1) is 8.06. The minimum atomic E-state index is 0.0503. The molecule has 0 bridgehead atoms. The van der Waals surface area contributed by atoms with Crippen molar-refractivity contribution in [2.45, 2.75) is 6.54 Å². The van der Waals surface area contributed by atoms with Crippen molar-refractivity contribution < 1.29 is 4.79 Å². The Hall–Kier alpha value is -0.170. The van der Waals surface area contributed by atoms with Crippen LogP contribution in [0.5, 0.6) is 0 Å². The topological polar surface area (TPSA) is 20.3 Å². The van der Waals surface area contributed by atoms with Gasteiger partial charge in [0.05, 0.1) is 13.1 Å². The second-order valence-electron chi connectivity index (χ2n) is 3.56. The number of nitrogens with zero attached hydrogens (tertiary/aromatic N) is 1. The van der Waals surface area contributed by atoms with Gasteiger partial charge >= 0.3 is 0 Å². The van der Waals surface area contributed by atoms with Crippen molar-refractivity contribution in [1.29, 1.82) is 0 Å². The first-order valence-electron chi connectivity index (χ1n) is 4.78. The number of halogens is 2. The zero-order valence-corrected chi connectivity index (χ0v) is 13.7. The summed E-state index contributed by atoms with van der Waals surface area (Å²) in [5.41, 5.74) is 1.88. The number of amides is 1. The number of hydrogen-bond donors (Lipinski definition) is 0. The molecule has 0 aliphatic rings. The lowest BCUT2D eigenvalue weighted by Gasteiger charge is -2.15. The molecule has 0 aromatic carbocycles. The molecule has 90 valence electrons. The van der Waals surface area contributed by atoms with E-state index in [-0.39, 0.29) is 5.91 Å². The highest BCUT2D eigenvalue weighted by Crippen LogP contribution is 2.24. The van der Waals surface area contributed by atoms with Crippen molar-refractivity contribution in [3.63, 3.8) is 0 Å². The van der Waals surface area contributed by atoms with Crippen molar-refractivity contribution in [2.24, 2.45) is 0 Å². The maximum absolute atomic E-state index is 12.1. The molecule has 0 spiro atoms. The zero-order chi connectivity index (χ0) is 12.4. The fraction of sp³-hybridized carbons (Fsp3) is 0.182. The van der Waals surface area contributed by atoms with Gasteiger partial charge < -0.3 is 4.90 Å². The van der Waals surface area contributed by atoms with Gasteiger partial charge in [-0.25, -0.2) is 0 Å². The summed E-state index contributed by atoms with van der Waals surface area (Å²) in [6, 6.07) is 3.89. The Morgan fingerprint density at radius 1 is 1.24 bits per heavy atom. The predicted molar refractivity (Wildman–Crippen MR) is 79.8 cm³/mol. The van der Waals surface area contributed by atoms with Crippen molar-refractivity contribution in [2.75, 3.05) is 7.05 Å². The highest BCUT2D eigenvalue weighted by molar-refractivity contribution is 9.11. The molecule has 0 radical (unpaired) electrons. The molecule has 0 unspecified atom stereocenters. The molecule has 0 N–H and O–H groups in total. The maximum Gasteiger partial charge on any atom is 0.254 e. The molecule has 2 nitrogen and oxygen atoms in total. The van der Waals surface area contributed by atoms with Crippen LogP contribution in [0.1, 0.15) is 15.9 Å². The molecule has 17 heavy (non-hydrogen) atoms. The molecule has 2 heterocycles. The summed E-state index contributed by atoms with van der Waals surface area (Å²) in [7, 11) is 1.82. The van der Waals surface area contributed by atoms with E-state index in [1.165, 1.54) is 11.3 Å². The summed E-state index contributed by atoms with van der Waals surface area (Å²) >= 11 is 9.94. The van der Waals surface area contributed by atoms with Crippen LogP contribution in [0.15, 0.2) is 30.5 Å². The fourth-order valence-electron chi connectivity index (χ4n) is 1.42. The van der Waals surface area contributed by atoms with Gasteiger partial charge in [-0.15, -0.1) is 22.7 Å². The third-order valence-corrected chi connectivity index (χ3v) is 5.26. The van der Waals surface area contributed by atoms with Gasteiger partial charge in [-0.3, -0.25) is 4.79 Å². The van der Waals surface area contributed by atoms with Crippen molar-refractivity contribution in [3.05, 3.63) is 41.6 Å². The standard InChI is InChI=1S/C11H9Br2NOS2/c1-14(4-7-2-9(12)16-5-7)11(15)8-3-10(13)17-6-8/h2-3,5-6H,4H2,1H3. The van der Waals surface area contributed by atoms with E-state index < -0.39 is 0 Å². The molecular weight excluding hydrogens is 386 g/mol. The molecule has 0 aliphatic heterocycles. The predicted octanol–water partition coefficient (Wildman–Crippen LogP) is 4.61. The largest absolute Gasteiger partial charge is 0.337 e. The summed E-state index contributed by atoms with van der Waals surface area (Å²) in [4.78, 5) is 13.8. The number of carbonyl (C=O) groups excluding carboxylic acids is 1. The Morgan fingerprint density at radius 3 is 2.41 bits per heavy atom. The average Bonchev–Trinajstić information content (AvgIpc) is 2.87. The number of thiophene rings is 2. The lowest BCUT2D eigenvalue weighted by Crippen LogP contribution is -2.25. The van der Waals surface area contributed by atoms with Gasteiger partial charge in [-0.2, -0.15) is 0 Å². The first-order valence-corrected chi connectivity index (χ1v) is 8.13. The van der Waals surface area contributed by atoms with Crippen LogP contribution < -0.4 is 0 Å². The fourth-order valence-corrected chi connectivity index (χ4v) is 3.75. The highest BCUT2D eigenvalue weighted by Gasteiger charge is 2.14. The molecule has 6 heteroatoms. The summed E-state index contributed by atoms with van der Waals surface area (Å²) in [6.45, 7) is 0.633. The molecule has 2 aromatic heterocycles. The molecule has 1 amide bonds. The minimum absolute atomic E-state index is 0.0503. The molecule has 0 atom stereocenters. The summed E-state index contributed by atoms with van der Waals surface area (Å²) in [5.74, 6) is 0.0503. The summed E-state index contributed by atoms with van der Waals surface area (Å²) < 4.78 is 2.07. The maximum atomic E-state index is 12.1. The molecule has 0 fully saturated rings. The van der Waals surface area contributed by atoms with E-state index in [9.17, 15) is 4.79 Å². The van der Waals surface area contributed by atoms with Gasteiger partial charge in [-0.05, 0) is 54.9 Å². The molecule has 2 aromatic rings. The van der Waals surface area contributed by atoms with Crippen LogP contribution in [0.2, 0.25) is 0 Å². The monoisotopic (exact) mass is 393 g/mol. The van der Waals surface area contributed by atoms with E-state index in [1.54, 1.807) is 16.2 Å². The molecule has 2 rings (SSSR count). The Bertz CT molecular complexity index is 535. The molecule has 0 aliphatic carbocycles. The molecule has 0 saturated carbocycles. The van der Waals surface area contributed by atoms with E-state index >= 15 is 0 Å². The van der Waals surface area contributed by atoms with Crippen LogP contribution >= 0.6 is 54.5 Å². The average molecular weight is 395 g/mol. The minimum Gasteiger partial charge on any atom is -0.337 e. The van der Waals surface area contributed by atoms with Crippen molar-refractivity contribution in [1.82, 2.24) is 4.90 Å². The summed E-state index contributed by atoms with van der Waals surface area (Å²) in [6.07, 6.45) is 0. The quantitative estimate of drug-likeness (QED) is 0.744. The Balaban J connectivity index is 2.05. The van der Waals surface area contributed by atoms with E-state index in [2.05, 4.69) is 37.2 Å². The van der Waals surface area contributed by atoms with Gasteiger partial charge in [0, 0.05) is 19.0 Å². The number of carbonyl (C=O) groups is 1. The molecule has 0 saturated heterocycles. The third kappa shape index (κ3) is 3.40. The first kappa shape index (κ1) is 13.3. The Labute approximate surface area is 125 Å². The molecular formula is C11H9Br2NOS2. The van der Waals surface area contributed by atoms with Crippen LogP contribution in [-0.2, 0) is 6.54 Å². The second-order valence-corrected chi connectivity index (χ2v) is 8.14. The smallest absolute Gasteiger partial charge is 0.254 e. The van der Waals surface area contributed by atoms with Crippen LogP contribution in [0.4, 0.5) is 0 Å². The van der Waals surface area contributed by atoms with E-state index in [0.717, 1.165) is 18.7 Å². The van der Waals surface area contributed by atoms with Crippen LogP contribution in [-0.4, -0.2) is 17.9 Å². The van der Waals surface area contributed by atoms with Crippen molar-refractivity contribution >= 4 is 60.4 Å². The van der Waals surface area contributed by atoms with E-state index in [4.69, 9.17) is 0 Å². The van der Waals surface area contributed by atoms with Gasteiger partial charge in [0.15, 0.2) is 0 Å². The lowest BCUT2D eigenvalue weighted by molar-refractivity contribution is 0.0786. The SMILES string of the molecule is CN(Cc1csc(Br)c1)C(=O)c1csc(Br)c1. The highest BCUT2D eigenvalue weighted by atomic mass is 79.9. The van der Waals surface area contributed by atoms with Crippen LogP contribution in [0.3, 0.4) is 0 Å². The van der Waals surface area contributed by atoms with Gasteiger partial charge in [0.25, 0.3) is 5.91 Å². The van der Waals surface area contributed by atoms with Gasteiger partial charge in [-0.1, -0.05) is 0 Å². The van der Waals surface area contributed by atoms with Crippen LogP contribution in [0, 0.1) is 0 Å². The van der Waals surface area contributed by atoms with Crippen molar-refractivity contribution in [3.8, 4) is 0 Å². The lowest BCUT2D eigenvalue weighted by atomic mass is 10.2. The van der Waals surface area contributed by atoms with Gasteiger partial charge in [0.1, 0.15) is 0 Å². The zero-order valence-electron chi connectivity index (χ0n) is 8.94. The van der Waals surface area contributed by atoms with Gasteiger partial charge in [0.2, 0.25) is 0 Å². The number of hydrogen-bond acceptors (Lipinski definition) is 3. The van der Waals surface area contributed by atoms with Crippen LogP contribution in [0.25, 0.3) is 0 Å². The summed E-state index contributed by atoms with van der Waals surface area (Å²) in [5, 5.41) is 3.92. The van der Waals surface area contributed by atoms with E-state index in [1.807, 2.05) is 24.6 Å². The Kier molecular flexibility index (Phi) is 4.41. The number of rotatable bonds is 3.